The molecule has 0 spiro atoms. The Morgan fingerprint density at radius 3 is 2.27 bits per heavy atom. The van der Waals surface area contributed by atoms with Gasteiger partial charge in [0.05, 0.1) is 17.8 Å². The molecular weight excluding hydrogens is 548 g/mol. The second-order valence-electron chi connectivity index (χ2n) is 12.0. The fourth-order valence-corrected chi connectivity index (χ4v) is 6.47. The number of likely N-dealkylation sites (N-methyl/N-ethyl adjacent to an activating group) is 1. The molecule has 1 heterocycles. The Morgan fingerprint density at radius 1 is 1.10 bits per heavy atom. The van der Waals surface area contributed by atoms with Crippen LogP contribution in [0.3, 0.4) is 0 Å². The molecule has 1 unspecified atom stereocenters. The molecule has 0 saturated carbocycles. The average Bonchev–Trinajstić information content (AvgIpc) is 3.33. The lowest BCUT2D eigenvalue weighted by atomic mass is 9.76. The highest BCUT2D eigenvalue weighted by Gasteiger charge is 2.42. The Hall–Kier alpha value is -2.37. The molecule has 3 amide bonds. The molecule has 2 rings (SSSR count). The average molecular weight is 595 g/mol. The summed E-state index contributed by atoms with van der Waals surface area (Å²) < 4.78 is 26.4. The monoisotopic (exact) mass is 594 g/mol. The SMILES string of the molecule is CNC(C(=O)N[C@H](C(=O)N1CCC[C@H]1/C=C(\C)C(=O)NS(=O)(=O)CCCS)C(C)(C)C)C(C)(C)c1ccccc1. The van der Waals surface area contributed by atoms with Crippen LogP contribution in [0.1, 0.15) is 66.4 Å². The number of hydrogen-bond acceptors (Lipinski definition) is 7. The number of benzene rings is 1. The van der Waals surface area contributed by atoms with Crippen molar-refractivity contribution in [1.82, 2.24) is 20.3 Å². The molecular formula is C29H46N4O5S2. The first-order valence-electron chi connectivity index (χ1n) is 13.7. The molecule has 9 nitrogen and oxygen atoms in total. The van der Waals surface area contributed by atoms with Crippen LogP contribution in [-0.4, -0.2) is 74.3 Å². The number of carbonyl (C=O) groups excluding carboxylic acids is 3. The molecule has 224 valence electrons. The van der Waals surface area contributed by atoms with Crippen LogP contribution in [0, 0.1) is 5.41 Å². The maximum absolute atomic E-state index is 13.9. The molecule has 3 N–H and O–H groups in total. The fraction of sp³-hybridized carbons (Fsp3) is 0.621. The number of likely N-dealkylation sites (tertiary alicyclic amines) is 1. The molecule has 1 aromatic carbocycles. The normalized spacial score (nSPS) is 18.2. The van der Waals surface area contributed by atoms with Gasteiger partial charge in [-0.2, -0.15) is 12.6 Å². The van der Waals surface area contributed by atoms with Gasteiger partial charge in [-0.3, -0.25) is 14.4 Å². The molecule has 0 aromatic heterocycles. The van der Waals surface area contributed by atoms with Crippen LogP contribution in [0.15, 0.2) is 42.0 Å². The van der Waals surface area contributed by atoms with E-state index >= 15 is 0 Å². The van der Waals surface area contributed by atoms with E-state index in [1.165, 1.54) is 6.92 Å². The van der Waals surface area contributed by atoms with Crippen LogP contribution in [0.4, 0.5) is 0 Å². The van der Waals surface area contributed by atoms with Gasteiger partial charge in [-0.05, 0) is 50.0 Å². The van der Waals surface area contributed by atoms with E-state index < -0.39 is 38.8 Å². The van der Waals surface area contributed by atoms with E-state index in [0.29, 0.717) is 25.1 Å². The van der Waals surface area contributed by atoms with E-state index in [4.69, 9.17) is 0 Å². The number of hydrogen-bond donors (Lipinski definition) is 4. The summed E-state index contributed by atoms with van der Waals surface area (Å²) in [6, 6.07) is 7.96. The summed E-state index contributed by atoms with van der Waals surface area (Å²) in [6.45, 7) is 11.7. The Morgan fingerprint density at radius 2 is 1.73 bits per heavy atom. The molecule has 1 aliphatic heterocycles. The summed E-state index contributed by atoms with van der Waals surface area (Å²) in [6.07, 6.45) is 3.34. The molecule has 0 radical (unpaired) electrons. The lowest BCUT2D eigenvalue weighted by Gasteiger charge is -2.39. The first-order valence-corrected chi connectivity index (χ1v) is 16.0. The topological polar surface area (TPSA) is 125 Å². The molecule has 11 heteroatoms. The maximum Gasteiger partial charge on any atom is 0.260 e. The van der Waals surface area contributed by atoms with E-state index in [0.717, 1.165) is 12.0 Å². The molecule has 1 aromatic rings. The second kappa shape index (κ2) is 14.0. The van der Waals surface area contributed by atoms with E-state index in [2.05, 4.69) is 28.0 Å². The predicted molar refractivity (Wildman–Crippen MR) is 163 cm³/mol. The highest BCUT2D eigenvalue weighted by Crippen LogP contribution is 2.30. The van der Waals surface area contributed by atoms with Gasteiger partial charge >= 0.3 is 0 Å². The van der Waals surface area contributed by atoms with Crippen molar-refractivity contribution in [1.29, 1.82) is 0 Å². The molecule has 0 bridgehead atoms. The van der Waals surface area contributed by atoms with Crippen LogP contribution in [0.5, 0.6) is 0 Å². The van der Waals surface area contributed by atoms with E-state index in [9.17, 15) is 22.8 Å². The number of nitrogens with one attached hydrogen (secondary N) is 3. The van der Waals surface area contributed by atoms with Crippen molar-refractivity contribution in [2.24, 2.45) is 5.41 Å². The summed E-state index contributed by atoms with van der Waals surface area (Å²) >= 11 is 4.02. The lowest BCUT2D eigenvalue weighted by Crippen LogP contribution is -2.61. The van der Waals surface area contributed by atoms with Crippen molar-refractivity contribution in [3.05, 3.63) is 47.5 Å². The fourth-order valence-electron chi connectivity index (χ4n) is 5.03. The van der Waals surface area contributed by atoms with Crippen LogP contribution < -0.4 is 15.4 Å². The maximum atomic E-state index is 13.9. The third-order valence-corrected chi connectivity index (χ3v) is 9.03. The van der Waals surface area contributed by atoms with Gasteiger partial charge in [0.15, 0.2) is 0 Å². The second-order valence-corrected chi connectivity index (χ2v) is 14.3. The third-order valence-electron chi connectivity index (χ3n) is 7.39. The van der Waals surface area contributed by atoms with Gasteiger partial charge in [0.25, 0.3) is 5.91 Å². The zero-order chi connectivity index (χ0) is 30.3. The number of nitrogens with zero attached hydrogens (tertiary/aromatic N) is 1. The zero-order valence-electron chi connectivity index (χ0n) is 24.8. The minimum Gasteiger partial charge on any atom is -0.342 e. The summed E-state index contributed by atoms with van der Waals surface area (Å²) in [4.78, 5) is 41.9. The summed E-state index contributed by atoms with van der Waals surface area (Å²) in [5, 5.41) is 6.17. The van der Waals surface area contributed by atoms with Gasteiger partial charge in [0.1, 0.15) is 6.04 Å². The molecule has 0 aliphatic carbocycles. The van der Waals surface area contributed by atoms with Crippen LogP contribution >= 0.6 is 12.6 Å². The molecule has 40 heavy (non-hydrogen) atoms. The van der Waals surface area contributed by atoms with Crippen LogP contribution in [-0.2, 0) is 29.8 Å². The van der Waals surface area contributed by atoms with Crippen molar-refractivity contribution in [3.63, 3.8) is 0 Å². The van der Waals surface area contributed by atoms with Gasteiger partial charge in [0, 0.05) is 17.5 Å². The summed E-state index contributed by atoms with van der Waals surface area (Å²) in [7, 11) is -2.03. The van der Waals surface area contributed by atoms with Gasteiger partial charge < -0.3 is 15.5 Å². The predicted octanol–water partition coefficient (Wildman–Crippen LogP) is 2.79. The van der Waals surface area contributed by atoms with E-state index in [-0.39, 0.29) is 29.2 Å². The number of amides is 3. The van der Waals surface area contributed by atoms with Gasteiger partial charge in [-0.1, -0.05) is 71.0 Å². The van der Waals surface area contributed by atoms with Gasteiger partial charge in [-0.25, -0.2) is 13.1 Å². The molecule has 1 fully saturated rings. The van der Waals surface area contributed by atoms with Crippen LogP contribution in [0.2, 0.25) is 0 Å². The smallest absolute Gasteiger partial charge is 0.260 e. The van der Waals surface area contributed by atoms with Gasteiger partial charge in [-0.15, -0.1) is 0 Å². The summed E-state index contributed by atoms with van der Waals surface area (Å²) in [5.41, 5.74) is 0.0682. The van der Waals surface area contributed by atoms with Crippen molar-refractivity contribution < 1.29 is 22.8 Å². The Balaban J connectivity index is 2.25. The van der Waals surface area contributed by atoms with E-state index in [1.54, 1.807) is 18.0 Å². The molecule has 1 saturated heterocycles. The van der Waals surface area contributed by atoms with Crippen LogP contribution in [0.25, 0.3) is 0 Å². The quantitative estimate of drug-likeness (QED) is 0.218. The lowest BCUT2D eigenvalue weighted by molar-refractivity contribution is -0.140. The van der Waals surface area contributed by atoms with E-state index in [1.807, 2.05) is 65.0 Å². The van der Waals surface area contributed by atoms with Crippen molar-refractivity contribution in [2.75, 3.05) is 25.1 Å². The van der Waals surface area contributed by atoms with Crippen molar-refractivity contribution in [2.45, 2.75) is 84.3 Å². The first-order chi connectivity index (χ1) is 18.5. The molecule has 3 atom stereocenters. The Bertz CT molecular complexity index is 1180. The first kappa shape index (κ1) is 33.8. The Labute approximate surface area is 245 Å². The number of sulfonamides is 1. The summed E-state index contributed by atoms with van der Waals surface area (Å²) in [5.74, 6) is -1.02. The largest absolute Gasteiger partial charge is 0.342 e. The number of carbonyl (C=O) groups is 3. The molecule has 1 aliphatic rings. The minimum absolute atomic E-state index is 0.189. The highest BCUT2D eigenvalue weighted by molar-refractivity contribution is 7.90. The minimum atomic E-state index is -3.76. The zero-order valence-corrected chi connectivity index (χ0v) is 26.5. The van der Waals surface area contributed by atoms with Crippen molar-refractivity contribution >= 4 is 40.4 Å². The highest BCUT2D eigenvalue weighted by atomic mass is 32.2. The number of thiol groups is 1. The van der Waals surface area contributed by atoms with Crippen molar-refractivity contribution in [3.8, 4) is 0 Å². The third kappa shape index (κ3) is 8.81. The van der Waals surface area contributed by atoms with Gasteiger partial charge in [0.2, 0.25) is 21.8 Å². The standard InChI is InChI=1S/C29H46N4O5S2/c1-20(25(34)32-40(37,38)18-12-17-39)19-22-15-11-16-33(22)27(36)24(28(2,3)4)31-26(35)23(30-7)29(5,6)21-13-9-8-10-14-21/h8-10,13-14,19,22-24,30,39H,11-12,15-18H2,1-7H3,(H,31,35)(H,32,34)/b20-19+/t22-,23?,24+/m0/s1. The Kier molecular flexibility index (Phi) is 11.8. The number of rotatable bonds is 12.